The van der Waals surface area contributed by atoms with Gasteiger partial charge in [0.1, 0.15) is 11.5 Å². The van der Waals surface area contributed by atoms with Crippen molar-refractivity contribution < 1.29 is 9.59 Å². The molecule has 0 aliphatic heterocycles. The predicted molar refractivity (Wildman–Crippen MR) is 137 cm³/mol. The summed E-state index contributed by atoms with van der Waals surface area (Å²) in [5.74, 6) is -0.00922. The minimum Gasteiger partial charge on any atom is -0.351 e. The molecule has 1 heterocycles. The molecule has 0 saturated carbocycles. The molecular weight excluding hydrogens is 410 g/mol. The van der Waals surface area contributed by atoms with Crippen LogP contribution in [-0.4, -0.2) is 28.2 Å². The van der Waals surface area contributed by atoms with Crippen LogP contribution in [0.3, 0.4) is 0 Å². The summed E-state index contributed by atoms with van der Waals surface area (Å²) in [6.45, 7) is 2.62. The van der Waals surface area contributed by atoms with Gasteiger partial charge in [-0.2, -0.15) is 0 Å². The molecule has 1 aromatic rings. The average molecular weight is 450 g/mol. The topological polar surface area (TPSA) is 72.0 Å². The molecule has 0 aromatic carbocycles. The van der Waals surface area contributed by atoms with E-state index in [2.05, 4.69) is 83.0 Å². The van der Waals surface area contributed by atoms with Gasteiger partial charge in [0, 0.05) is 31.8 Å². The van der Waals surface area contributed by atoms with Gasteiger partial charge < -0.3 is 5.32 Å². The third-order valence-electron chi connectivity index (χ3n) is 4.70. The molecule has 0 atom stereocenters. The molecule has 0 saturated heterocycles. The van der Waals surface area contributed by atoms with E-state index in [1.54, 1.807) is 0 Å². The number of rotatable bonds is 18. The molecule has 5 nitrogen and oxygen atoms in total. The molecule has 1 amide bonds. The van der Waals surface area contributed by atoms with E-state index in [4.69, 9.17) is 0 Å². The number of nitrogens with zero attached hydrogens (tertiary/aromatic N) is 2. The van der Waals surface area contributed by atoms with Crippen LogP contribution in [-0.2, 0) is 4.79 Å². The first-order valence-electron chi connectivity index (χ1n) is 12.0. The molecule has 1 aromatic heterocycles. The highest BCUT2D eigenvalue weighted by Gasteiger charge is 2.06. The van der Waals surface area contributed by atoms with Crippen LogP contribution < -0.4 is 5.32 Å². The van der Waals surface area contributed by atoms with Gasteiger partial charge in [0.15, 0.2) is 0 Å². The summed E-state index contributed by atoms with van der Waals surface area (Å²) in [6, 6.07) is 0. The van der Waals surface area contributed by atoms with Gasteiger partial charge in [-0.1, -0.05) is 67.7 Å². The summed E-state index contributed by atoms with van der Waals surface area (Å²) in [6.07, 6.45) is 34.8. The first-order valence-corrected chi connectivity index (χ1v) is 12.0. The number of hydrogen-bond donors (Lipinski definition) is 1. The van der Waals surface area contributed by atoms with E-state index < -0.39 is 0 Å². The van der Waals surface area contributed by atoms with Crippen molar-refractivity contribution in [2.24, 2.45) is 0 Å². The number of Topliss-reactive ketones (excluding diaryl/α,β-unsaturated/α-hetero) is 1. The molecule has 178 valence electrons. The zero-order valence-electron chi connectivity index (χ0n) is 20.0. The molecule has 5 heteroatoms. The van der Waals surface area contributed by atoms with E-state index in [0.717, 1.165) is 44.9 Å². The van der Waals surface area contributed by atoms with Gasteiger partial charge in [-0.15, -0.1) is 0 Å². The number of carbonyl (C=O) groups is 2. The van der Waals surface area contributed by atoms with E-state index in [-0.39, 0.29) is 11.7 Å². The van der Waals surface area contributed by atoms with E-state index in [1.165, 1.54) is 18.6 Å². The van der Waals surface area contributed by atoms with Crippen molar-refractivity contribution in [3.05, 3.63) is 85.0 Å². The summed E-state index contributed by atoms with van der Waals surface area (Å²) >= 11 is 0. The monoisotopic (exact) mass is 449 g/mol. The van der Waals surface area contributed by atoms with Crippen LogP contribution >= 0.6 is 0 Å². The molecule has 0 aliphatic rings. The second-order valence-corrected chi connectivity index (χ2v) is 7.59. The Labute approximate surface area is 199 Å². The maximum absolute atomic E-state index is 11.9. The number of allylic oxidation sites excluding steroid dienone is 10. The summed E-state index contributed by atoms with van der Waals surface area (Å²) in [4.78, 5) is 31.6. The molecule has 0 unspecified atom stereocenters. The fraction of sp³-hybridized carbons (Fsp3) is 0.429. The largest absolute Gasteiger partial charge is 0.351 e. The lowest BCUT2D eigenvalue weighted by Crippen LogP contribution is -2.25. The Balaban J connectivity index is 1.95. The number of aromatic nitrogens is 2. The summed E-state index contributed by atoms with van der Waals surface area (Å²) in [5.41, 5.74) is 0.292. The summed E-state index contributed by atoms with van der Waals surface area (Å²) in [7, 11) is 0. The van der Waals surface area contributed by atoms with Crippen LogP contribution in [0.25, 0.3) is 0 Å². The third-order valence-corrected chi connectivity index (χ3v) is 4.70. The summed E-state index contributed by atoms with van der Waals surface area (Å²) < 4.78 is 0. The molecule has 0 aliphatic carbocycles. The minimum atomic E-state index is -0.256. The van der Waals surface area contributed by atoms with Crippen LogP contribution in [0.15, 0.2) is 79.4 Å². The van der Waals surface area contributed by atoms with Crippen LogP contribution in [0.2, 0.25) is 0 Å². The maximum Gasteiger partial charge on any atom is 0.271 e. The first-order chi connectivity index (χ1) is 16.2. The second kappa shape index (κ2) is 20.8. The lowest BCUT2D eigenvalue weighted by molar-refractivity contribution is -0.119. The van der Waals surface area contributed by atoms with Gasteiger partial charge in [0.05, 0.1) is 6.20 Å². The van der Waals surface area contributed by atoms with Gasteiger partial charge >= 0.3 is 0 Å². The second-order valence-electron chi connectivity index (χ2n) is 7.59. The van der Waals surface area contributed by atoms with Crippen LogP contribution in [0.5, 0.6) is 0 Å². The number of unbranched alkanes of at least 4 members (excludes halogenated alkanes) is 1. The fourth-order valence-corrected chi connectivity index (χ4v) is 2.91. The molecule has 1 N–H and O–H groups in total. The number of hydrogen-bond acceptors (Lipinski definition) is 4. The normalized spacial score (nSPS) is 12.2. The van der Waals surface area contributed by atoms with Gasteiger partial charge in [-0.25, -0.2) is 4.98 Å². The van der Waals surface area contributed by atoms with Crippen molar-refractivity contribution in [1.82, 2.24) is 15.3 Å². The quantitative estimate of drug-likeness (QED) is 0.206. The molecule has 0 radical (unpaired) electrons. The van der Waals surface area contributed by atoms with E-state index in [0.29, 0.717) is 31.5 Å². The van der Waals surface area contributed by atoms with Crippen molar-refractivity contribution in [2.45, 2.75) is 71.1 Å². The van der Waals surface area contributed by atoms with Crippen molar-refractivity contribution in [3.63, 3.8) is 0 Å². The Bertz CT molecular complexity index is 793. The highest BCUT2D eigenvalue weighted by molar-refractivity contribution is 5.91. The fourth-order valence-electron chi connectivity index (χ4n) is 2.91. The Morgan fingerprint density at radius 2 is 1.36 bits per heavy atom. The highest BCUT2D eigenvalue weighted by atomic mass is 16.2. The number of nitrogens with one attached hydrogen (secondary N) is 1. The number of amides is 1. The van der Waals surface area contributed by atoms with Crippen molar-refractivity contribution >= 4 is 11.7 Å². The van der Waals surface area contributed by atoms with Gasteiger partial charge in [-0.3, -0.25) is 14.6 Å². The molecule has 0 bridgehead atoms. The lowest BCUT2D eigenvalue weighted by Gasteiger charge is -2.04. The van der Waals surface area contributed by atoms with Crippen molar-refractivity contribution in [2.75, 3.05) is 6.54 Å². The van der Waals surface area contributed by atoms with Crippen molar-refractivity contribution in [3.8, 4) is 0 Å². The van der Waals surface area contributed by atoms with E-state index in [9.17, 15) is 9.59 Å². The first kappa shape index (κ1) is 28.0. The Hall–Kier alpha value is -3.08. The Morgan fingerprint density at radius 1 is 0.788 bits per heavy atom. The SMILES string of the molecule is CC/C=C\C/C=C\C/C=C\C/C=C\C/C=C\CCCC(=O)CCCNC(=O)c1cnccn1. The van der Waals surface area contributed by atoms with E-state index in [1.807, 2.05) is 0 Å². The molecule has 0 spiro atoms. The predicted octanol–water partition coefficient (Wildman–Crippen LogP) is 6.48. The number of carbonyl (C=O) groups excluding carboxylic acids is 2. The summed E-state index contributed by atoms with van der Waals surface area (Å²) in [5, 5.41) is 2.76. The average Bonchev–Trinajstić information content (AvgIpc) is 2.84. The highest BCUT2D eigenvalue weighted by Crippen LogP contribution is 2.03. The Kier molecular flexibility index (Phi) is 17.6. The molecule has 33 heavy (non-hydrogen) atoms. The molecular formula is C28H39N3O2. The van der Waals surface area contributed by atoms with Crippen LogP contribution in [0.1, 0.15) is 81.6 Å². The van der Waals surface area contributed by atoms with Gasteiger partial charge in [0.2, 0.25) is 0 Å². The third kappa shape index (κ3) is 17.2. The van der Waals surface area contributed by atoms with Gasteiger partial charge in [0.25, 0.3) is 5.91 Å². The van der Waals surface area contributed by atoms with Crippen molar-refractivity contribution in [1.29, 1.82) is 0 Å². The van der Waals surface area contributed by atoms with Crippen LogP contribution in [0.4, 0.5) is 0 Å². The zero-order valence-corrected chi connectivity index (χ0v) is 20.0. The molecule has 1 rings (SSSR count). The maximum atomic E-state index is 11.9. The van der Waals surface area contributed by atoms with Crippen LogP contribution in [0, 0.1) is 0 Å². The standard InChI is InChI=1S/C28H39N3O2/c1-2-3-4-5-6-7-8-9-10-11-12-13-14-15-16-17-18-20-26(32)21-19-22-31-28(33)27-25-29-23-24-30-27/h3-4,6-7,9-10,12-13,15-16,23-25H,2,5,8,11,14,17-22H2,1H3,(H,31,33)/b4-3-,7-6-,10-9-,13-12-,16-15-. The molecule has 0 fully saturated rings. The van der Waals surface area contributed by atoms with E-state index >= 15 is 0 Å². The zero-order chi connectivity index (χ0) is 23.8. The smallest absolute Gasteiger partial charge is 0.271 e. The number of ketones is 1. The lowest BCUT2D eigenvalue weighted by atomic mass is 10.1. The van der Waals surface area contributed by atoms with Gasteiger partial charge in [-0.05, 0) is 51.4 Å². The Morgan fingerprint density at radius 3 is 1.94 bits per heavy atom. The minimum absolute atomic E-state index is 0.246.